The quantitative estimate of drug-likeness (QED) is 0.323. The fourth-order valence-electron chi connectivity index (χ4n) is 2.48. The summed E-state index contributed by atoms with van der Waals surface area (Å²) in [5.74, 6) is -2.01. The van der Waals surface area contributed by atoms with Crippen LogP contribution in [0.15, 0.2) is 23.1 Å². The minimum Gasteiger partial charge on any atom is -0.744 e. The molecule has 0 aliphatic heterocycles. The number of hydrogen-bond donors (Lipinski definition) is 0. The largest absolute Gasteiger partial charge is 1.00 e. The molecular weight excluding hydrogens is 438 g/mol. The maximum atomic E-state index is 12.1. The van der Waals surface area contributed by atoms with Crippen LogP contribution in [0.4, 0.5) is 0 Å². The van der Waals surface area contributed by atoms with E-state index in [0.29, 0.717) is 16.9 Å². The number of rotatable bonds is 2. The van der Waals surface area contributed by atoms with Crippen LogP contribution in [0.5, 0.6) is 0 Å². The minimum atomic E-state index is -5.35. The van der Waals surface area contributed by atoms with E-state index >= 15 is 0 Å². The third-order valence-electron chi connectivity index (χ3n) is 3.46. The summed E-state index contributed by atoms with van der Waals surface area (Å²) in [7, 11) is -10.6. The molecule has 0 spiro atoms. The first-order valence-electron chi connectivity index (χ1n) is 6.29. The van der Waals surface area contributed by atoms with Crippen LogP contribution < -0.4 is 113 Å². The number of hydrogen-bond acceptors (Lipinski definition) is 8. The van der Waals surface area contributed by atoms with Crippen molar-refractivity contribution in [3.8, 4) is 0 Å². The van der Waals surface area contributed by atoms with E-state index in [1.54, 1.807) is 0 Å². The van der Waals surface area contributed by atoms with Crippen LogP contribution in [0.1, 0.15) is 11.1 Å². The van der Waals surface area contributed by atoms with Gasteiger partial charge in [-0.2, -0.15) is 0 Å². The van der Waals surface area contributed by atoms with Gasteiger partial charge in [-0.15, -0.1) is 0 Å². The van der Waals surface area contributed by atoms with Gasteiger partial charge in [0.1, 0.15) is 30.0 Å². The van der Waals surface area contributed by atoms with E-state index in [0.717, 1.165) is 0 Å². The molecule has 8 nitrogen and oxygen atoms in total. The van der Waals surface area contributed by atoms with E-state index in [1.165, 1.54) is 30.4 Å². The van der Waals surface area contributed by atoms with Crippen molar-refractivity contribution in [2.24, 2.45) is 0 Å². The average Bonchev–Trinajstić information content (AvgIpc) is 2.42. The molecule has 2 aliphatic rings. The van der Waals surface area contributed by atoms with Gasteiger partial charge < -0.3 is 9.11 Å². The van der Waals surface area contributed by atoms with Gasteiger partial charge in [0.2, 0.25) is 5.78 Å². The van der Waals surface area contributed by atoms with Crippen molar-refractivity contribution in [3.63, 3.8) is 0 Å². The zero-order valence-electron chi connectivity index (χ0n) is 13.5. The number of allylic oxidation sites excluding steroid dienone is 2. The van der Waals surface area contributed by atoms with Gasteiger partial charge in [-0.1, -0.05) is 6.08 Å². The third kappa shape index (κ3) is 4.88. The molecule has 0 fully saturated rings. The standard InChI is InChI=1S/C14H8O8S2.2K/c15-10-2-1-7-5-11-9(3-8(7)4-10)6-12(23(17,18)19)13(16)14(11)24(20,21)22;;/h1-6H,(H,17,18,19)(H,20,21,22);;/q;2*+1/p-2. The second kappa shape index (κ2) is 8.71. The summed E-state index contributed by atoms with van der Waals surface area (Å²) in [6.45, 7) is 0. The van der Waals surface area contributed by atoms with Crippen LogP contribution in [0.3, 0.4) is 0 Å². The first kappa shape index (κ1) is 24.9. The molecule has 0 bridgehead atoms. The monoisotopic (exact) mass is 444 g/mol. The van der Waals surface area contributed by atoms with Gasteiger partial charge in [0.25, 0.3) is 0 Å². The molecule has 0 amide bonds. The fraction of sp³-hybridized carbons (Fsp3) is 0. The Kier molecular flexibility index (Phi) is 8.34. The van der Waals surface area contributed by atoms with Crippen LogP contribution in [-0.2, 0) is 29.8 Å². The molecule has 0 saturated carbocycles. The van der Waals surface area contributed by atoms with E-state index in [-0.39, 0.29) is 119 Å². The Hall–Kier alpha value is 0.873. The molecule has 0 heterocycles. The summed E-state index contributed by atoms with van der Waals surface area (Å²) in [4.78, 5) is 20.8. The van der Waals surface area contributed by atoms with E-state index in [2.05, 4.69) is 0 Å². The predicted octanol–water partition coefficient (Wildman–Crippen LogP) is -7.81. The van der Waals surface area contributed by atoms with Crippen molar-refractivity contribution >= 4 is 54.9 Å². The van der Waals surface area contributed by atoms with Gasteiger partial charge in [0, 0.05) is 5.22 Å². The van der Waals surface area contributed by atoms with Crippen LogP contribution in [-0.4, -0.2) is 37.5 Å². The molecule has 3 rings (SSSR count). The molecule has 124 valence electrons. The Bertz CT molecular complexity index is 1220. The molecule has 1 aromatic carbocycles. The molecule has 0 unspecified atom stereocenters. The summed E-state index contributed by atoms with van der Waals surface area (Å²) in [5, 5.41) is 0.0192. The molecule has 0 saturated heterocycles. The smallest absolute Gasteiger partial charge is 0.744 e. The van der Waals surface area contributed by atoms with Gasteiger partial charge >= 0.3 is 103 Å². The first-order chi connectivity index (χ1) is 11.0. The van der Waals surface area contributed by atoms with Gasteiger partial charge in [0.15, 0.2) is 5.78 Å². The van der Waals surface area contributed by atoms with Crippen LogP contribution in [0.2, 0.25) is 0 Å². The average molecular weight is 445 g/mol. The van der Waals surface area contributed by atoms with Crippen molar-refractivity contribution in [1.82, 2.24) is 0 Å². The normalized spacial score (nSPS) is 15.8. The third-order valence-corrected chi connectivity index (χ3v) is 5.21. The second-order valence-corrected chi connectivity index (χ2v) is 7.69. The molecule has 0 aromatic heterocycles. The topological polar surface area (TPSA) is 149 Å². The molecule has 0 radical (unpaired) electrons. The van der Waals surface area contributed by atoms with Gasteiger partial charge in [-0.05, 0) is 46.7 Å². The van der Waals surface area contributed by atoms with Gasteiger partial charge in [0.05, 0.1) is 0 Å². The van der Waals surface area contributed by atoms with Crippen LogP contribution in [0, 0.1) is 0 Å². The number of Topliss-reactive ketones (excluding diaryl/α,β-unsaturated/α-hetero) is 1. The van der Waals surface area contributed by atoms with E-state index in [9.17, 15) is 35.5 Å². The van der Waals surface area contributed by atoms with E-state index < -0.39 is 35.8 Å². The van der Waals surface area contributed by atoms with Crippen LogP contribution >= 0.6 is 0 Å². The second-order valence-electron chi connectivity index (χ2n) is 5.02. The van der Waals surface area contributed by atoms with Crippen molar-refractivity contribution < 1.29 is 138 Å². The maximum Gasteiger partial charge on any atom is 1.00 e. The molecule has 12 heteroatoms. The summed E-state index contributed by atoms with van der Waals surface area (Å²) >= 11 is 0. The molecule has 1 aromatic rings. The predicted molar refractivity (Wildman–Crippen MR) is 80.0 cm³/mol. The molecule has 26 heavy (non-hydrogen) atoms. The number of ketones is 2. The fourth-order valence-corrected chi connectivity index (χ4v) is 3.93. The van der Waals surface area contributed by atoms with Gasteiger partial charge in [-0.3, -0.25) is 9.59 Å². The van der Waals surface area contributed by atoms with Crippen molar-refractivity contribution in [3.05, 3.63) is 44.7 Å². The summed E-state index contributed by atoms with van der Waals surface area (Å²) < 4.78 is 67.9. The number of benzene rings is 1. The van der Waals surface area contributed by atoms with Crippen molar-refractivity contribution in [2.75, 3.05) is 0 Å². The summed E-state index contributed by atoms with van der Waals surface area (Å²) in [6.07, 6.45) is 4.47. The molecular formula is C14H6K2O8S2. The zero-order valence-corrected chi connectivity index (χ0v) is 21.4. The Labute approximate surface area is 233 Å². The molecule has 0 atom stereocenters. The SMILES string of the molecule is O=C1C=Cc2cc3c(cc2=C1)C=C(S(=O)(=O)[O-])C(=O)C=3S(=O)(=O)[O-].[K+].[K+]. The Morgan fingerprint density at radius 1 is 0.769 bits per heavy atom. The van der Waals surface area contributed by atoms with E-state index in [4.69, 9.17) is 0 Å². The Morgan fingerprint density at radius 3 is 1.92 bits per heavy atom. The summed E-state index contributed by atoms with van der Waals surface area (Å²) in [5.41, 5.74) is 0.237. The minimum absolute atomic E-state index is 0. The first-order valence-corrected chi connectivity index (χ1v) is 9.10. The van der Waals surface area contributed by atoms with Crippen LogP contribution in [0.25, 0.3) is 23.1 Å². The van der Waals surface area contributed by atoms with Crippen molar-refractivity contribution in [1.29, 1.82) is 0 Å². The zero-order chi connectivity index (χ0) is 17.9. The Morgan fingerprint density at radius 2 is 1.38 bits per heavy atom. The Balaban J connectivity index is 0.00000169. The van der Waals surface area contributed by atoms with Crippen molar-refractivity contribution in [2.45, 2.75) is 0 Å². The van der Waals surface area contributed by atoms with E-state index in [1.807, 2.05) is 0 Å². The molecule has 2 aliphatic carbocycles. The van der Waals surface area contributed by atoms with Gasteiger partial charge in [-0.25, -0.2) is 16.8 Å². The number of carbonyl (C=O) groups is 2. The maximum absolute atomic E-state index is 12.1. The molecule has 0 N–H and O–H groups in total. The number of carbonyl (C=O) groups excluding carboxylic acids is 2. The number of fused-ring (bicyclic) bond motifs is 2. The summed E-state index contributed by atoms with van der Waals surface area (Å²) in [6, 6.07) is 2.41.